The lowest BCUT2D eigenvalue weighted by Gasteiger charge is -2.06. The molecule has 1 aromatic carbocycles. The minimum Gasteiger partial charge on any atom is -0.457 e. The molecule has 9 nitrogen and oxygen atoms in total. The summed E-state index contributed by atoms with van der Waals surface area (Å²) in [4.78, 5) is 17.1. The van der Waals surface area contributed by atoms with Crippen molar-refractivity contribution in [2.75, 3.05) is 5.73 Å². The van der Waals surface area contributed by atoms with Crippen LogP contribution in [-0.2, 0) is 6.42 Å². The number of hydrogen-bond donors (Lipinski definition) is 1. The Balaban J connectivity index is 1.26. The van der Waals surface area contributed by atoms with Gasteiger partial charge in [-0.05, 0) is 36.6 Å². The van der Waals surface area contributed by atoms with E-state index in [0.29, 0.717) is 52.6 Å². The molecule has 0 aliphatic heterocycles. The van der Waals surface area contributed by atoms with Crippen LogP contribution in [0.3, 0.4) is 0 Å². The monoisotopic (exact) mass is 411 g/mol. The number of rotatable bonds is 6. The molecule has 0 spiro atoms. The van der Waals surface area contributed by atoms with E-state index in [1.54, 1.807) is 18.3 Å². The molecule has 0 amide bonds. The first-order valence-electron chi connectivity index (χ1n) is 9.76. The number of pyridine rings is 1. The molecule has 152 valence electrons. The summed E-state index contributed by atoms with van der Waals surface area (Å²) < 4.78 is 11.1. The van der Waals surface area contributed by atoms with E-state index in [1.165, 1.54) is 6.20 Å². The maximum absolute atomic E-state index is 8.93. The summed E-state index contributed by atoms with van der Waals surface area (Å²) in [6.07, 6.45) is 5.87. The van der Waals surface area contributed by atoms with Crippen molar-refractivity contribution >= 4 is 5.82 Å². The lowest BCUT2D eigenvalue weighted by atomic mass is 10.1. The van der Waals surface area contributed by atoms with Crippen LogP contribution < -0.4 is 10.5 Å². The van der Waals surface area contributed by atoms with Crippen molar-refractivity contribution in [2.24, 2.45) is 0 Å². The summed E-state index contributed by atoms with van der Waals surface area (Å²) in [6.45, 7) is 0. The number of nitriles is 1. The lowest BCUT2D eigenvalue weighted by molar-refractivity contribution is 0.385. The van der Waals surface area contributed by atoms with Gasteiger partial charge in [-0.1, -0.05) is 17.3 Å². The number of hydrogen-bond acceptors (Lipinski definition) is 9. The van der Waals surface area contributed by atoms with Gasteiger partial charge < -0.3 is 15.0 Å². The van der Waals surface area contributed by atoms with Crippen LogP contribution in [0.1, 0.15) is 41.7 Å². The topological polar surface area (TPSA) is 137 Å². The smallest absolute Gasteiger partial charge is 0.231 e. The first-order chi connectivity index (χ1) is 15.2. The largest absolute Gasteiger partial charge is 0.457 e. The molecule has 3 heterocycles. The third-order valence-corrected chi connectivity index (χ3v) is 4.85. The highest BCUT2D eigenvalue weighted by atomic mass is 16.5. The number of aromatic nitrogens is 5. The Morgan fingerprint density at radius 1 is 1.10 bits per heavy atom. The maximum atomic E-state index is 8.93. The SMILES string of the molecule is N#Cc1cc(Oc2ccc(Cc3nc(-c4cnc(C5CC5)nc4N)no3)cc2)ccn1. The zero-order valence-electron chi connectivity index (χ0n) is 16.4. The molecule has 5 rings (SSSR count). The number of anilines is 1. The number of nitrogen functional groups attached to an aromatic ring is 1. The summed E-state index contributed by atoms with van der Waals surface area (Å²) in [6, 6.07) is 12.8. The number of ether oxygens (including phenoxy) is 1. The second-order valence-corrected chi connectivity index (χ2v) is 7.22. The van der Waals surface area contributed by atoms with Crippen LogP contribution in [0.25, 0.3) is 11.4 Å². The van der Waals surface area contributed by atoms with Gasteiger partial charge >= 0.3 is 0 Å². The second-order valence-electron chi connectivity index (χ2n) is 7.22. The van der Waals surface area contributed by atoms with Gasteiger partial charge in [-0.25, -0.2) is 15.0 Å². The van der Waals surface area contributed by atoms with Crippen LogP contribution in [0.4, 0.5) is 5.82 Å². The Kier molecular flexibility index (Phi) is 4.72. The standard InChI is InChI=1S/C22H17N7O2/c23-11-15-10-17(7-8-25-15)30-16-5-1-13(2-6-16)9-19-27-22(29-31-19)18-12-26-21(14-3-4-14)28-20(18)24/h1-2,5-8,10,12,14H,3-4,9H2,(H2,24,26,28). The predicted molar refractivity (Wildman–Crippen MR) is 110 cm³/mol. The first kappa shape index (κ1) is 18.7. The zero-order chi connectivity index (χ0) is 21.2. The highest BCUT2D eigenvalue weighted by Crippen LogP contribution is 2.38. The fourth-order valence-electron chi connectivity index (χ4n) is 3.08. The van der Waals surface area contributed by atoms with Crippen molar-refractivity contribution in [3.63, 3.8) is 0 Å². The normalized spacial score (nSPS) is 13.0. The van der Waals surface area contributed by atoms with E-state index in [9.17, 15) is 0 Å². The van der Waals surface area contributed by atoms with Gasteiger partial charge in [-0.15, -0.1) is 0 Å². The molecule has 0 atom stereocenters. The molecular weight excluding hydrogens is 394 g/mol. The highest BCUT2D eigenvalue weighted by Gasteiger charge is 2.27. The van der Waals surface area contributed by atoms with Gasteiger partial charge in [0.2, 0.25) is 11.7 Å². The molecule has 31 heavy (non-hydrogen) atoms. The van der Waals surface area contributed by atoms with E-state index in [4.69, 9.17) is 20.3 Å². The quantitative estimate of drug-likeness (QED) is 0.504. The molecule has 3 aromatic heterocycles. The van der Waals surface area contributed by atoms with Gasteiger partial charge in [0.1, 0.15) is 34.9 Å². The molecule has 0 bridgehead atoms. The molecule has 1 fully saturated rings. The van der Waals surface area contributed by atoms with Crippen molar-refractivity contribution in [1.29, 1.82) is 5.26 Å². The van der Waals surface area contributed by atoms with Gasteiger partial charge in [-0.3, -0.25) is 0 Å². The number of benzene rings is 1. The van der Waals surface area contributed by atoms with Crippen LogP contribution in [-0.4, -0.2) is 25.1 Å². The molecule has 4 aromatic rings. The molecule has 0 radical (unpaired) electrons. The molecule has 1 saturated carbocycles. The average molecular weight is 411 g/mol. The second kappa shape index (κ2) is 7.84. The lowest BCUT2D eigenvalue weighted by Crippen LogP contribution is -2.01. The van der Waals surface area contributed by atoms with E-state index in [0.717, 1.165) is 24.2 Å². The molecule has 1 aliphatic carbocycles. The molecule has 1 aliphatic rings. The third-order valence-electron chi connectivity index (χ3n) is 4.85. The summed E-state index contributed by atoms with van der Waals surface area (Å²) in [5, 5.41) is 12.9. The molecule has 0 unspecified atom stereocenters. The van der Waals surface area contributed by atoms with Crippen LogP contribution in [0.15, 0.2) is 53.3 Å². The van der Waals surface area contributed by atoms with Crippen LogP contribution in [0, 0.1) is 11.3 Å². The summed E-state index contributed by atoms with van der Waals surface area (Å²) in [7, 11) is 0. The minimum absolute atomic E-state index is 0.300. The van der Waals surface area contributed by atoms with E-state index in [2.05, 4.69) is 25.1 Å². The van der Waals surface area contributed by atoms with Crippen molar-refractivity contribution in [2.45, 2.75) is 25.2 Å². The molecule has 0 saturated heterocycles. The Morgan fingerprint density at radius 3 is 2.68 bits per heavy atom. The fraction of sp³-hybridized carbons (Fsp3) is 0.182. The maximum Gasteiger partial charge on any atom is 0.231 e. The molecule has 9 heteroatoms. The van der Waals surface area contributed by atoms with Crippen molar-refractivity contribution < 1.29 is 9.26 Å². The number of nitrogens with two attached hydrogens (primary N) is 1. The zero-order valence-corrected chi connectivity index (χ0v) is 16.4. The van der Waals surface area contributed by atoms with Crippen molar-refractivity contribution in [3.8, 4) is 29.0 Å². The summed E-state index contributed by atoms with van der Waals surface area (Å²) in [5.74, 6) is 3.60. The summed E-state index contributed by atoms with van der Waals surface area (Å²) >= 11 is 0. The number of nitrogens with zero attached hydrogens (tertiary/aromatic N) is 6. The van der Waals surface area contributed by atoms with Gasteiger partial charge in [0.15, 0.2) is 0 Å². The van der Waals surface area contributed by atoms with Crippen LogP contribution in [0.2, 0.25) is 0 Å². The van der Waals surface area contributed by atoms with Crippen LogP contribution >= 0.6 is 0 Å². The van der Waals surface area contributed by atoms with E-state index in [-0.39, 0.29) is 0 Å². The highest BCUT2D eigenvalue weighted by molar-refractivity contribution is 5.66. The Labute approximate surface area is 177 Å². The van der Waals surface area contributed by atoms with Gasteiger partial charge in [0, 0.05) is 24.4 Å². The average Bonchev–Trinajstić information content (AvgIpc) is 3.55. The molecular formula is C22H17N7O2. The van der Waals surface area contributed by atoms with E-state index >= 15 is 0 Å². The van der Waals surface area contributed by atoms with E-state index < -0.39 is 0 Å². The van der Waals surface area contributed by atoms with E-state index in [1.807, 2.05) is 30.3 Å². The van der Waals surface area contributed by atoms with Gasteiger partial charge in [-0.2, -0.15) is 10.2 Å². The first-order valence-corrected chi connectivity index (χ1v) is 9.76. The molecule has 2 N–H and O–H groups in total. The van der Waals surface area contributed by atoms with Crippen molar-refractivity contribution in [1.82, 2.24) is 25.1 Å². The Hall–Kier alpha value is -4.32. The Bertz CT molecular complexity index is 1270. The fourth-order valence-corrected chi connectivity index (χ4v) is 3.08. The van der Waals surface area contributed by atoms with Crippen molar-refractivity contribution in [3.05, 3.63) is 71.8 Å². The Morgan fingerprint density at radius 2 is 1.94 bits per heavy atom. The predicted octanol–water partition coefficient (Wildman–Crippen LogP) is 3.64. The van der Waals surface area contributed by atoms with Gasteiger partial charge in [0.05, 0.1) is 12.0 Å². The van der Waals surface area contributed by atoms with Gasteiger partial charge in [0.25, 0.3) is 0 Å². The van der Waals surface area contributed by atoms with Crippen LogP contribution in [0.5, 0.6) is 11.5 Å². The third kappa shape index (κ3) is 4.18. The minimum atomic E-state index is 0.300. The summed E-state index contributed by atoms with van der Waals surface area (Å²) in [5.41, 5.74) is 7.91.